The quantitative estimate of drug-likeness (QED) is 0.493. The molecule has 1 unspecified atom stereocenters. The van der Waals surface area contributed by atoms with Gasteiger partial charge in [0.15, 0.2) is 0 Å². The minimum absolute atomic E-state index is 0.0959. The summed E-state index contributed by atoms with van der Waals surface area (Å²) >= 11 is 12.0. The Hall–Kier alpha value is -2.98. The number of aromatic nitrogens is 5. The van der Waals surface area contributed by atoms with E-state index in [1.165, 1.54) is 21.9 Å². The lowest BCUT2D eigenvalue weighted by molar-refractivity contribution is -0.385. The van der Waals surface area contributed by atoms with Crippen molar-refractivity contribution < 1.29 is 9.72 Å². The van der Waals surface area contributed by atoms with Crippen LogP contribution in [0, 0.1) is 10.1 Å². The lowest BCUT2D eigenvalue weighted by Gasteiger charge is -2.10. The molecular weight excluding hydrogens is 397 g/mol. The summed E-state index contributed by atoms with van der Waals surface area (Å²) in [5.74, 6) is -0.367. The van der Waals surface area contributed by atoms with E-state index in [1.807, 2.05) is 0 Å². The van der Waals surface area contributed by atoms with Crippen molar-refractivity contribution in [1.29, 1.82) is 0 Å². The van der Waals surface area contributed by atoms with Gasteiger partial charge < -0.3 is 0 Å². The molecule has 0 radical (unpaired) electrons. The zero-order chi connectivity index (χ0) is 19.6. The van der Waals surface area contributed by atoms with E-state index in [0.717, 1.165) is 11.8 Å². The summed E-state index contributed by atoms with van der Waals surface area (Å²) in [6.07, 6.45) is 3.70. The summed E-state index contributed by atoms with van der Waals surface area (Å²) in [7, 11) is 0. The van der Waals surface area contributed by atoms with Crippen LogP contribution in [0.5, 0.6) is 0 Å². The molecule has 2 heterocycles. The van der Waals surface area contributed by atoms with Gasteiger partial charge in [0.2, 0.25) is 5.95 Å². The zero-order valence-corrected chi connectivity index (χ0v) is 15.4. The molecule has 0 aliphatic carbocycles. The topological polar surface area (TPSA) is 121 Å². The van der Waals surface area contributed by atoms with Gasteiger partial charge in [-0.05, 0) is 24.6 Å². The second kappa shape index (κ2) is 7.72. The van der Waals surface area contributed by atoms with E-state index in [0.29, 0.717) is 16.6 Å². The van der Waals surface area contributed by atoms with Gasteiger partial charge in [-0.25, -0.2) is 9.67 Å². The summed E-state index contributed by atoms with van der Waals surface area (Å²) in [6, 6.07) is 4.34. The molecule has 3 rings (SSSR count). The van der Waals surface area contributed by atoms with Gasteiger partial charge in [0, 0.05) is 10.0 Å². The van der Waals surface area contributed by atoms with Crippen molar-refractivity contribution in [3.05, 3.63) is 62.6 Å². The highest BCUT2D eigenvalue weighted by Crippen LogP contribution is 2.21. The number of halogens is 2. The summed E-state index contributed by atoms with van der Waals surface area (Å²) in [5, 5.41) is 22.3. The van der Waals surface area contributed by atoms with Crippen molar-refractivity contribution in [3.63, 3.8) is 0 Å². The zero-order valence-electron chi connectivity index (χ0n) is 13.9. The predicted octanol–water partition coefficient (Wildman–Crippen LogP) is 2.94. The molecule has 1 N–H and O–H groups in total. The molecule has 0 aliphatic rings. The van der Waals surface area contributed by atoms with Crippen LogP contribution in [0.15, 0.2) is 36.9 Å². The van der Waals surface area contributed by atoms with Gasteiger partial charge in [-0.2, -0.15) is 5.10 Å². The minimum atomic E-state index is -0.781. The molecule has 0 fully saturated rings. The van der Waals surface area contributed by atoms with E-state index >= 15 is 0 Å². The monoisotopic (exact) mass is 409 g/mol. The normalized spacial score (nSPS) is 12.0. The van der Waals surface area contributed by atoms with Gasteiger partial charge >= 0.3 is 5.69 Å². The molecular formula is C15H13Cl2N7O3. The smallest absolute Gasteiger partial charge is 0.291 e. The van der Waals surface area contributed by atoms with Crippen LogP contribution in [0.1, 0.15) is 18.5 Å². The van der Waals surface area contributed by atoms with Crippen molar-refractivity contribution in [2.45, 2.75) is 19.5 Å². The molecule has 1 atom stereocenters. The van der Waals surface area contributed by atoms with Crippen LogP contribution in [0.2, 0.25) is 10.0 Å². The fourth-order valence-electron chi connectivity index (χ4n) is 2.22. The largest absolute Gasteiger partial charge is 0.307 e. The highest BCUT2D eigenvalue weighted by Gasteiger charge is 2.20. The average molecular weight is 410 g/mol. The van der Waals surface area contributed by atoms with Crippen molar-refractivity contribution in [2.24, 2.45) is 0 Å². The maximum absolute atomic E-state index is 12.3. The fourth-order valence-corrected chi connectivity index (χ4v) is 2.69. The van der Waals surface area contributed by atoms with Gasteiger partial charge in [0.05, 0.1) is 11.5 Å². The van der Waals surface area contributed by atoms with E-state index in [-0.39, 0.29) is 11.6 Å². The third-order valence-electron chi connectivity index (χ3n) is 3.69. The maximum Gasteiger partial charge on any atom is 0.307 e. The first-order chi connectivity index (χ1) is 12.8. The predicted molar refractivity (Wildman–Crippen MR) is 97.8 cm³/mol. The first-order valence-corrected chi connectivity index (χ1v) is 8.42. The van der Waals surface area contributed by atoms with Gasteiger partial charge in [-0.15, -0.1) is 5.10 Å². The number of carbonyl (C=O) groups excluding carboxylic acids is 1. The molecule has 2 aromatic heterocycles. The number of hydrogen-bond donors (Lipinski definition) is 1. The fraction of sp³-hybridized carbons (Fsp3) is 0.200. The number of nitrogens with zero attached hydrogens (tertiary/aromatic N) is 6. The summed E-state index contributed by atoms with van der Waals surface area (Å²) < 4.78 is 2.70. The van der Waals surface area contributed by atoms with Crippen molar-refractivity contribution >= 4 is 40.7 Å². The number of benzene rings is 1. The van der Waals surface area contributed by atoms with Crippen LogP contribution < -0.4 is 5.32 Å². The molecule has 27 heavy (non-hydrogen) atoms. The standard InChI is InChI=1S/C15H13Cl2N7O3/c1-9(23-7-12(5-19-23)24(26)27)14(25)20-15-18-8-22(21-15)6-10-2-3-11(16)4-13(10)17/h2-5,7-9H,6H2,1H3,(H,20,21,25). The Bertz CT molecular complexity index is 1000. The van der Waals surface area contributed by atoms with Gasteiger partial charge in [-0.3, -0.25) is 24.9 Å². The Morgan fingerprint density at radius 3 is 2.85 bits per heavy atom. The molecule has 0 spiro atoms. The Morgan fingerprint density at radius 1 is 1.41 bits per heavy atom. The Labute approximate surface area is 162 Å². The number of amides is 1. The highest BCUT2D eigenvalue weighted by molar-refractivity contribution is 6.35. The van der Waals surface area contributed by atoms with Crippen molar-refractivity contribution in [2.75, 3.05) is 5.32 Å². The number of rotatable bonds is 6. The molecule has 140 valence electrons. The van der Waals surface area contributed by atoms with Crippen LogP contribution in [0.25, 0.3) is 0 Å². The third-order valence-corrected chi connectivity index (χ3v) is 4.28. The van der Waals surface area contributed by atoms with Crippen LogP contribution >= 0.6 is 23.2 Å². The van der Waals surface area contributed by atoms with Crippen LogP contribution in [-0.2, 0) is 11.3 Å². The number of nitrogens with one attached hydrogen (secondary N) is 1. The first-order valence-electron chi connectivity index (χ1n) is 7.66. The number of hydrogen-bond acceptors (Lipinski definition) is 6. The average Bonchev–Trinajstić information content (AvgIpc) is 3.26. The SMILES string of the molecule is CC(C(=O)Nc1ncn(Cc2ccc(Cl)cc2Cl)n1)n1cc([N+](=O)[O-])cn1. The third kappa shape index (κ3) is 4.41. The maximum atomic E-state index is 12.3. The van der Waals surface area contributed by atoms with Gasteiger partial charge in [0.25, 0.3) is 5.91 Å². The van der Waals surface area contributed by atoms with E-state index < -0.39 is 16.9 Å². The van der Waals surface area contributed by atoms with E-state index in [2.05, 4.69) is 20.5 Å². The molecule has 3 aromatic rings. The molecule has 1 amide bonds. The second-order valence-electron chi connectivity index (χ2n) is 5.60. The summed E-state index contributed by atoms with van der Waals surface area (Å²) in [4.78, 5) is 26.4. The summed E-state index contributed by atoms with van der Waals surface area (Å²) in [6.45, 7) is 1.90. The van der Waals surface area contributed by atoms with Crippen molar-refractivity contribution in [3.8, 4) is 0 Å². The highest BCUT2D eigenvalue weighted by atomic mass is 35.5. The van der Waals surface area contributed by atoms with E-state index in [4.69, 9.17) is 23.2 Å². The Morgan fingerprint density at radius 2 is 2.19 bits per heavy atom. The van der Waals surface area contributed by atoms with Gasteiger partial charge in [-0.1, -0.05) is 29.3 Å². The lowest BCUT2D eigenvalue weighted by atomic mass is 10.2. The number of carbonyl (C=O) groups is 1. The van der Waals surface area contributed by atoms with Crippen LogP contribution in [0.3, 0.4) is 0 Å². The van der Waals surface area contributed by atoms with Crippen molar-refractivity contribution in [1.82, 2.24) is 24.5 Å². The number of anilines is 1. The van der Waals surface area contributed by atoms with Crippen LogP contribution in [-0.4, -0.2) is 35.4 Å². The molecule has 1 aromatic carbocycles. The Balaban J connectivity index is 1.65. The Kier molecular flexibility index (Phi) is 5.38. The van der Waals surface area contributed by atoms with Gasteiger partial charge in [0.1, 0.15) is 24.8 Å². The molecule has 10 nitrogen and oxygen atoms in total. The van der Waals surface area contributed by atoms with Crippen LogP contribution in [0.4, 0.5) is 11.6 Å². The molecule has 0 saturated carbocycles. The second-order valence-corrected chi connectivity index (χ2v) is 6.45. The molecule has 12 heteroatoms. The van der Waals surface area contributed by atoms with E-state index in [1.54, 1.807) is 25.1 Å². The molecule has 0 aliphatic heterocycles. The first kappa shape index (κ1) is 18.8. The molecule has 0 bridgehead atoms. The molecule has 0 saturated heterocycles. The minimum Gasteiger partial charge on any atom is -0.291 e. The summed E-state index contributed by atoms with van der Waals surface area (Å²) in [5.41, 5.74) is 0.595. The van der Waals surface area contributed by atoms with E-state index in [9.17, 15) is 14.9 Å². The number of nitro groups is 1. The lowest BCUT2D eigenvalue weighted by Crippen LogP contribution is -2.24.